The van der Waals surface area contributed by atoms with Crippen molar-refractivity contribution < 1.29 is 14.3 Å². The fourth-order valence-corrected chi connectivity index (χ4v) is 6.97. The minimum absolute atomic E-state index is 0.0207. The lowest BCUT2D eigenvalue weighted by molar-refractivity contribution is -0.133. The standard InChI is InChI=1S/C38H47N5O3S/c1-4-5-6-8-13-30-17-19-32(20-18-30)37(45)42-26-25-41(28-29(42)2)35(44)16-11-12-27-47-38-40-39-36(31-14-9-7-10-15-31)43(38)33-21-23-34(46-3)24-22-33/h7,9-10,14-15,17-24,29H,4-6,8,11-13,16,25-28H2,1-3H3. The number of hydrogen-bond acceptors (Lipinski definition) is 6. The second-order valence-electron chi connectivity index (χ2n) is 12.2. The fourth-order valence-electron chi connectivity index (χ4n) is 6.02. The molecule has 9 heteroatoms. The molecule has 1 atom stereocenters. The van der Waals surface area contributed by atoms with Gasteiger partial charge in [0.15, 0.2) is 11.0 Å². The van der Waals surface area contributed by atoms with E-state index in [1.54, 1.807) is 18.9 Å². The molecule has 1 aliphatic rings. The number of carbonyl (C=O) groups excluding carboxylic acids is 2. The van der Waals surface area contributed by atoms with Crippen LogP contribution in [0.4, 0.5) is 0 Å². The highest BCUT2D eigenvalue weighted by molar-refractivity contribution is 7.99. The van der Waals surface area contributed by atoms with Gasteiger partial charge in [0.2, 0.25) is 5.91 Å². The minimum Gasteiger partial charge on any atom is -0.497 e. The molecule has 0 bridgehead atoms. The molecule has 1 fully saturated rings. The van der Waals surface area contributed by atoms with Gasteiger partial charge in [0.1, 0.15) is 5.75 Å². The summed E-state index contributed by atoms with van der Waals surface area (Å²) >= 11 is 1.65. The van der Waals surface area contributed by atoms with Crippen molar-refractivity contribution in [2.75, 3.05) is 32.5 Å². The van der Waals surface area contributed by atoms with Crippen LogP contribution in [-0.4, -0.2) is 74.9 Å². The van der Waals surface area contributed by atoms with Gasteiger partial charge in [0, 0.05) is 54.7 Å². The number of amides is 2. The third-order valence-corrected chi connectivity index (χ3v) is 9.79. The van der Waals surface area contributed by atoms with Crippen LogP contribution in [0, 0.1) is 0 Å². The Morgan fingerprint density at radius 1 is 0.872 bits per heavy atom. The molecule has 0 spiro atoms. The zero-order valence-electron chi connectivity index (χ0n) is 27.9. The lowest BCUT2D eigenvalue weighted by Gasteiger charge is -2.40. The van der Waals surface area contributed by atoms with E-state index in [0.717, 1.165) is 58.6 Å². The number of benzene rings is 3. The molecule has 2 amide bonds. The van der Waals surface area contributed by atoms with Crippen molar-refractivity contribution >= 4 is 23.6 Å². The minimum atomic E-state index is -0.0207. The Bertz CT molecular complexity index is 1570. The van der Waals surface area contributed by atoms with Gasteiger partial charge in [-0.15, -0.1) is 10.2 Å². The second-order valence-corrected chi connectivity index (χ2v) is 13.3. The topological polar surface area (TPSA) is 80.6 Å². The maximum Gasteiger partial charge on any atom is 0.254 e. The molecular formula is C38H47N5O3S. The number of thioether (sulfide) groups is 1. The van der Waals surface area contributed by atoms with E-state index in [4.69, 9.17) is 4.74 Å². The van der Waals surface area contributed by atoms with Gasteiger partial charge in [0.25, 0.3) is 5.91 Å². The normalized spacial score (nSPS) is 14.7. The molecular weight excluding hydrogens is 607 g/mol. The zero-order valence-corrected chi connectivity index (χ0v) is 28.8. The molecule has 0 aliphatic carbocycles. The zero-order chi connectivity index (χ0) is 33.0. The Balaban J connectivity index is 1.09. The Morgan fingerprint density at radius 2 is 1.64 bits per heavy atom. The number of carbonyl (C=O) groups is 2. The number of nitrogens with zero attached hydrogens (tertiary/aromatic N) is 5. The fraction of sp³-hybridized carbons (Fsp3) is 0.421. The van der Waals surface area contributed by atoms with E-state index in [1.807, 2.05) is 83.5 Å². The highest BCUT2D eigenvalue weighted by atomic mass is 32.2. The number of ether oxygens (including phenoxy) is 1. The highest BCUT2D eigenvalue weighted by Gasteiger charge is 2.30. The van der Waals surface area contributed by atoms with Crippen LogP contribution in [0.5, 0.6) is 5.75 Å². The lowest BCUT2D eigenvalue weighted by atomic mass is 10.0. The molecule has 3 aromatic carbocycles. The predicted octanol–water partition coefficient (Wildman–Crippen LogP) is 7.70. The van der Waals surface area contributed by atoms with Gasteiger partial charge in [-0.2, -0.15) is 0 Å². The second kappa shape index (κ2) is 17.2. The summed E-state index contributed by atoms with van der Waals surface area (Å²) in [6, 6.07) is 26.0. The van der Waals surface area contributed by atoms with Crippen molar-refractivity contribution in [2.24, 2.45) is 0 Å². The van der Waals surface area contributed by atoms with Gasteiger partial charge in [-0.1, -0.05) is 80.4 Å². The quantitative estimate of drug-likeness (QED) is 0.0967. The van der Waals surface area contributed by atoms with E-state index in [1.165, 1.54) is 31.2 Å². The third kappa shape index (κ3) is 9.04. The first-order valence-electron chi connectivity index (χ1n) is 16.9. The number of piperazine rings is 1. The van der Waals surface area contributed by atoms with Gasteiger partial charge in [-0.3, -0.25) is 14.2 Å². The maximum atomic E-state index is 13.3. The van der Waals surface area contributed by atoms with Gasteiger partial charge in [-0.05, 0) is 74.6 Å². The van der Waals surface area contributed by atoms with Crippen LogP contribution in [0.3, 0.4) is 0 Å². The maximum absolute atomic E-state index is 13.3. The summed E-state index contributed by atoms with van der Waals surface area (Å²) in [6.07, 6.45) is 8.19. The van der Waals surface area contributed by atoms with E-state index >= 15 is 0 Å². The number of hydrogen-bond donors (Lipinski definition) is 0. The van der Waals surface area contributed by atoms with Crippen LogP contribution >= 0.6 is 11.8 Å². The largest absolute Gasteiger partial charge is 0.497 e. The molecule has 1 aliphatic heterocycles. The smallest absolute Gasteiger partial charge is 0.254 e. The van der Waals surface area contributed by atoms with Crippen LogP contribution in [0.25, 0.3) is 17.1 Å². The van der Waals surface area contributed by atoms with Crippen molar-refractivity contribution in [3.8, 4) is 22.8 Å². The van der Waals surface area contributed by atoms with E-state index in [0.29, 0.717) is 26.1 Å². The number of aromatic nitrogens is 3. The Hall–Kier alpha value is -4.11. The first-order chi connectivity index (χ1) is 23.0. The Morgan fingerprint density at radius 3 is 2.34 bits per heavy atom. The molecule has 0 radical (unpaired) electrons. The van der Waals surface area contributed by atoms with Crippen LogP contribution in [0.2, 0.25) is 0 Å². The number of aryl methyl sites for hydroxylation is 1. The third-order valence-electron chi connectivity index (χ3n) is 8.77. The highest BCUT2D eigenvalue weighted by Crippen LogP contribution is 2.29. The summed E-state index contributed by atoms with van der Waals surface area (Å²) in [6.45, 7) is 5.97. The van der Waals surface area contributed by atoms with Crippen molar-refractivity contribution in [2.45, 2.75) is 76.4 Å². The summed E-state index contributed by atoms with van der Waals surface area (Å²) in [7, 11) is 1.66. The summed E-state index contributed by atoms with van der Waals surface area (Å²) in [4.78, 5) is 30.2. The average Bonchev–Trinajstić information content (AvgIpc) is 3.54. The Labute approximate surface area is 283 Å². The van der Waals surface area contributed by atoms with E-state index < -0.39 is 0 Å². The summed E-state index contributed by atoms with van der Waals surface area (Å²) in [5.74, 6) is 2.62. The molecule has 47 heavy (non-hydrogen) atoms. The van der Waals surface area contributed by atoms with Crippen LogP contribution in [0.1, 0.15) is 74.7 Å². The lowest BCUT2D eigenvalue weighted by Crippen LogP contribution is -2.55. The van der Waals surface area contributed by atoms with Crippen molar-refractivity contribution in [3.05, 3.63) is 90.0 Å². The van der Waals surface area contributed by atoms with E-state index in [-0.39, 0.29) is 17.9 Å². The van der Waals surface area contributed by atoms with Gasteiger partial charge in [0.05, 0.1) is 7.11 Å². The molecule has 2 heterocycles. The average molecular weight is 654 g/mol. The van der Waals surface area contributed by atoms with Crippen LogP contribution < -0.4 is 4.74 Å². The van der Waals surface area contributed by atoms with E-state index in [2.05, 4.69) is 33.8 Å². The van der Waals surface area contributed by atoms with Crippen LogP contribution in [0.15, 0.2) is 84.0 Å². The van der Waals surface area contributed by atoms with Crippen LogP contribution in [-0.2, 0) is 11.2 Å². The van der Waals surface area contributed by atoms with Crippen molar-refractivity contribution in [3.63, 3.8) is 0 Å². The SMILES string of the molecule is CCCCCCc1ccc(C(=O)N2CCN(C(=O)CCCCSc3nnc(-c4ccccc4)n3-c3ccc(OC)cc3)CC2C)cc1. The van der Waals surface area contributed by atoms with Crippen molar-refractivity contribution in [1.29, 1.82) is 0 Å². The summed E-state index contributed by atoms with van der Waals surface area (Å²) in [5, 5.41) is 9.88. The first kappa shape index (κ1) is 34.2. The van der Waals surface area contributed by atoms with Gasteiger partial charge < -0.3 is 14.5 Å². The van der Waals surface area contributed by atoms with Gasteiger partial charge >= 0.3 is 0 Å². The number of unbranched alkanes of at least 4 members (excludes halogenated alkanes) is 4. The molecule has 8 nitrogen and oxygen atoms in total. The molecule has 1 saturated heterocycles. The molecule has 5 rings (SSSR count). The molecule has 0 saturated carbocycles. The summed E-state index contributed by atoms with van der Waals surface area (Å²) in [5.41, 5.74) is 3.98. The molecule has 1 unspecified atom stereocenters. The molecule has 1 aromatic heterocycles. The number of rotatable bonds is 15. The summed E-state index contributed by atoms with van der Waals surface area (Å²) < 4.78 is 7.43. The van der Waals surface area contributed by atoms with E-state index in [9.17, 15) is 9.59 Å². The molecule has 4 aromatic rings. The first-order valence-corrected chi connectivity index (χ1v) is 17.9. The molecule has 0 N–H and O–H groups in total. The predicted molar refractivity (Wildman–Crippen MR) is 189 cm³/mol. The Kier molecular flexibility index (Phi) is 12.5. The monoisotopic (exact) mass is 653 g/mol. The van der Waals surface area contributed by atoms with Gasteiger partial charge in [-0.25, -0.2) is 0 Å². The number of methoxy groups -OCH3 is 1. The van der Waals surface area contributed by atoms with Crippen molar-refractivity contribution in [1.82, 2.24) is 24.6 Å². The molecule has 248 valence electrons.